The average Bonchev–Trinajstić information content (AvgIpc) is 3.13. The molecule has 6 heteroatoms. The lowest BCUT2D eigenvalue weighted by Crippen LogP contribution is -2.27. The van der Waals surface area contributed by atoms with Gasteiger partial charge >= 0.3 is 0 Å². The number of nitrogens with zero attached hydrogens (tertiary/aromatic N) is 2. The maximum absolute atomic E-state index is 12.7. The molecule has 0 unspecified atom stereocenters. The van der Waals surface area contributed by atoms with Gasteiger partial charge in [0, 0.05) is 18.7 Å². The number of aryl methyl sites for hydroxylation is 2. The summed E-state index contributed by atoms with van der Waals surface area (Å²) in [6.07, 6.45) is 0.878. The second-order valence-electron chi connectivity index (χ2n) is 7.34. The number of benzene rings is 3. The minimum atomic E-state index is -3.56. The van der Waals surface area contributed by atoms with Gasteiger partial charge in [-0.2, -0.15) is 0 Å². The maximum Gasteiger partial charge on any atom is 0.240 e. The van der Waals surface area contributed by atoms with Gasteiger partial charge in [0.15, 0.2) is 0 Å². The number of sulfonamides is 1. The van der Waals surface area contributed by atoms with Crippen LogP contribution in [0.4, 0.5) is 0 Å². The number of nitrogens with one attached hydrogen (secondary N) is 1. The summed E-state index contributed by atoms with van der Waals surface area (Å²) in [6.45, 7) is 4.85. The number of fused-ring (bicyclic) bond motifs is 1. The van der Waals surface area contributed by atoms with E-state index < -0.39 is 10.0 Å². The Morgan fingerprint density at radius 2 is 1.63 bits per heavy atom. The van der Waals surface area contributed by atoms with Crippen LogP contribution >= 0.6 is 0 Å². The van der Waals surface area contributed by atoms with Crippen molar-refractivity contribution in [2.75, 3.05) is 6.54 Å². The topological polar surface area (TPSA) is 64.0 Å². The second-order valence-corrected chi connectivity index (χ2v) is 9.10. The van der Waals surface area contributed by atoms with Crippen molar-refractivity contribution in [2.45, 2.75) is 31.7 Å². The molecule has 0 aliphatic rings. The quantitative estimate of drug-likeness (QED) is 0.478. The summed E-state index contributed by atoms with van der Waals surface area (Å²) in [5.41, 5.74) is 5.19. The molecule has 1 N–H and O–H groups in total. The first kappa shape index (κ1) is 20.3. The van der Waals surface area contributed by atoms with Crippen LogP contribution in [0.25, 0.3) is 22.4 Å². The molecule has 5 nitrogen and oxygen atoms in total. The second kappa shape index (κ2) is 8.42. The highest BCUT2D eigenvalue weighted by Gasteiger charge is 2.16. The third-order valence-electron chi connectivity index (χ3n) is 5.23. The van der Waals surface area contributed by atoms with Crippen LogP contribution < -0.4 is 4.72 Å². The fourth-order valence-electron chi connectivity index (χ4n) is 3.50. The molecule has 30 heavy (non-hydrogen) atoms. The minimum absolute atomic E-state index is 0.275. The van der Waals surface area contributed by atoms with Gasteiger partial charge in [-0.25, -0.2) is 18.1 Å². The van der Waals surface area contributed by atoms with Crippen molar-refractivity contribution in [1.82, 2.24) is 14.3 Å². The SMILES string of the molecule is CCc1ccc(S(=O)(=O)NCCn2c(-c3ccc(C)cc3)nc3ccccc32)cc1. The molecule has 1 heterocycles. The van der Waals surface area contributed by atoms with E-state index in [0.29, 0.717) is 6.54 Å². The number of aromatic nitrogens is 2. The fourth-order valence-corrected chi connectivity index (χ4v) is 4.53. The van der Waals surface area contributed by atoms with Crippen molar-refractivity contribution in [1.29, 1.82) is 0 Å². The molecule has 0 atom stereocenters. The molecule has 0 amide bonds. The van der Waals surface area contributed by atoms with E-state index in [1.165, 1.54) is 5.56 Å². The Bertz CT molecular complexity index is 1260. The van der Waals surface area contributed by atoms with Gasteiger partial charge in [0.2, 0.25) is 10.0 Å². The highest BCUT2D eigenvalue weighted by Crippen LogP contribution is 2.25. The maximum atomic E-state index is 12.7. The third-order valence-corrected chi connectivity index (χ3v) is 6.71. The summed E-state index contributed by atoms with van der Waals surface area (Å²) in [5.74, 6) is 0.836. The minimum Gasteiger partial charge on any atom is -0.323 e. The third kappa shape index (κ3) is 4.15. The van der Waals surface area contributed by atoms with Gasteiger partial charge in [0.1, 0.15) is 5.82 Å². The van der Waals surface area contributed by atoms with Gasteiger partial charge in [0.05, 0.1) is 15.9 Å². The standard InChI is InChI=1S/C24H25N3O2S/c1-3-19-10-14-21(15-11-19)30(28,29)25-16-17-27-23-7-5-4-6-22(23)26-24(27)20-12-8-18(2)9-13-20/h4-15,25H,3,16-17H2,1-2H3. The molecule has 0 bridgehead atoms. The van der Waals surface area contributed by atoms with Gasteiger partial charge in [-0.1, -0.05) is 61.0 Å². The molecule has 4 aromatic rings. The number of rotatable bonds is 7. The van der Waals surface area contributed by atoms with Gasteiger partial charge in [-0.15, -0.1) is 0 Å². The van der Waals surface area contributed by atoms with Crippen molar-refractivity contribution >= 4 is 21.1 Å². The normalized spacial score (nSPS) is 11.8. The van der Waals surface area contributed by atoms with E-state index in [0.717, 1.165) is 34.4 Å². The number of hydrogen-bond donors (Lipinski definition) is 1. The van der Waals surface area contributed by atoms with Crippen LogP contribution in [-0.2, 0) is 23.0 Å². The lowest BCUT2D eigenvalue weighted by atomic mass is 10.1. The first-order valence-electron chi connectivity index (χ1n) is 10.1. The smallest absolute Gasteiger partial charge is 0.240 e. The number of para-hydroxylation sites is 2. The van der Waals surface area contributed by atoms with Gasteiger partial charge in [-0.05, 0) is 43.2 Å². The monoisotopic (exact) mass is 419 g/mol. The molecule has 0 saturated heterocycles. The van der Waals surface area contributed by atoms with Crippen LogP contribution in [0.5, 0.6) is 0 Å². The molecule has 1 aromatic heterocycles. The first-order chi connectivity index (χ1) is 14.5. The molecule has 0 aliphatic carbocycles. The van der Waals surface area contributed by atoms with E-state index in [4.69, 9.17) is 4.98 Å². The number of hydrogen-bond acceptors (Lipinski definition) is 3. The van der Waals surface area contributed by atoms with Crippen LogP contribution in [0.1, 0.15) is 18.1 Å². The molecule has 4 rings (SSSR count). The zero-order chi connectivity index (χ0) is 21.1. The molecule has 0 spiro atoms. The van der Waals surface area contributed by atoms with Crippen LogP contribution in [0.3, 0.4) is 0 Å². The average molecular weight is 420 g/mol. The van der Waals surface area contributed by atoms with Crippen molar-refractivity contribution < 1.29 is 8.42 Å². The highest BCUT2D eigenvalue weighted by atomic mass is 32.2. The predicted octanol–water partition coefficient (Wildman–Crippen LogP) is 4.55. The summed E-state index contributed by atoms with van der Waals surface area (Å²) >= 11 is 0. The zero-order valence-electron chi connectivity index (χ0n) is 17.2. The van der Waals surface area contributed by atoms with E-state index >= 15 is 0 Å². The Morgan fingerprint density at radius 1 is 0.933 bits per heavy atom. The van der Waals surface area contributed by atoms with Crippen molar-refractivity contribution in [3.63, 3.8) is 0 Å². The summed E-state index contributed by atoms with van der Waals surface area (Å²) in [6, 6.07) is 23.2. The van der Waals surface area contributed by atoms with Crippen LogP contribution in [0, 0.1) is 6.92 Å². The number of imidazole rings is 1. The van der Waals surface area contributed by atoms with Crippen LogP contribution in [0.2, 0.25) is 0 Å². The first-order valence-corrected chi connectivity index (χ1v) is 11.6. The molecule has 0 radical (unpaired) electrons. The summed E-state index contributed by atoms with van der Waals surface area (Å²) < 4.78 is 30.2. The Kier molecular flexibility index (Phi) is 5.70. The van der Waals surface area contributed by atoms with Crippen molar-refractivity contribution in [2.24, 2.45) is 0 Å². The van der Waals surface area contributed by atoms with Gasteiger partial charge in [-0.3, -0.25) is 0 Å². The Labute approximate surface area is 177 Å². The van der Waals surface area contributed by atoms with Crippen molar-refractivity contribution in [3.8, 4) is 11.4 Å². The Balaban J connectivity index is 1.59. The Morgan fingerprint density at radius 3 is 2.33 bits per heavy atom. The van der Waals surface area contributed by atoms with E-state index in [1.807, 2.05) is 55.5 Å². The summed E-state index contributed by atoms with van der Waals surface area (Å²) in [7, 11) is -3.56. The van der Waals surface area contributed by atoms with Gasteiger partial charge in [0.25, 0.3) is 0 Å². The molecular weight excluding hydrogens is 394 g/mol. The van der Waals surface area contributed by atoms with E-state index in [9.17, 15) is 8.42 Å². The van der Waals surface area contributed by atoms with E-state index in [2.05, 4.69) is 28.3 Å². The van der Waals surface area contributed by atoms with Crippen LogP contribution in [-0.4, -0.2) is 24.5 Å². The molecule has 0 aliphatic heterocycles. The summed E-state index contributed by atoms with van der Waals surface area (Å²) in [5, 5.41) is 0. The highest BCUT2D eigenvalue weighted by molar-refractivity contribution is 7.89. The predicted molar refractivity (Wildman–Crippen MR) is 121 cm³/mol. The lowest BCUT2D eigenvalue weighted by Gasteiger charge is -2.11. The van der Waals surface area contributed by atoms with E-state index in [-0.39, 0.29) is 11.4 Å². The van der Waals surface area contributed by atoms with E-state index in [1.54, 1.807) is 12.1 Å². The molecule has 3 aromatic carbocycles. The molecular formula is C24H25N3O2S. The van der Waals surface area contributed by atoms with Crippen LogP contribution in [0.15, 0.2) is 77.7 Å². The molecule has 154 valence electrons. The molecule has 0 fully saturated rings. The zero-order valence-corrected chi connectivity index (χ0v) is 18.0. The fraction of sp³-hybridized carbons (Fsp3) is 0.208. The summed E-state index contributed by atoms with van der Waals surface area (Å²) in [4.78, 5) is 5.08. The molecule has 0 saturated carbocycles. The van der Waals surface area contributed by atoms with Gasteiger partial charge < -0.3 is 4.57 Å². The lowest BCUT2D eigenvalue weighted by molar-refractivity contribution is 0.574. The van der Waals surface area contributed by atoms with Crippen molar-refractivity contribution in [3.05, 3.63) is 83.9 Å². The largest absolute Gasteiger partial charge is 0.323 e. The Hall–Kier alpha value is -2.96.